The van der Waals surface area contributed by atoms with E-state index < -0.39 is 0 Å². The fraction of sp³-hybridized carbons (Fsp3) is 0.316. The quantitative estimate of drug-likeness (QED) is 0.700. The predicted molar refractivity (Wildman–Crippen MR) is 92.9 cm³/mol. The minimum absolute atomic E-state index is 0.193. The highest BCUT2D eigenvalue weighted by Crippen LogP contribution is 2.42. The van der Waals surface area contributed by atoms with Crippen LogP contribution in [-0.2, 0) is 13.0 Å². The first-order valence-electron chi connectivity index (χ1n) is 8.21. The van der Waals surface area contributed by atoms with E-state index in [0.29, 0.717) is 0 Å². The average molecular weight is 322 g/mol. The number of benzene rings is 1. The molecule has 2 aromatic heterocycles. The molecule has 0 fully saturated rings. The van der Waals surface area contributed by atoms with E-state index in [4.69, 9.17) is 0 Å². The Labute approximate surface area is 138 Å². The molecule has 5 rings (SSSR count). The van der Waals surface area contributed by atoms with Crippen LogP contribution < -0.4 is 0 Å². The zero-order valence-corrected chi connectivity index (χ0v) is 13.9. The number of rotatable bonds is 1. The van der Waals surface area contributed by atoms with Crippen molar-refractivity contribution in [3.05, 3.63) is 56.9 Å². The second kappa shape index (κ2) is 4.71. The third-order valence-electron chi connectivity index (χ3n) is 5.25. The van der Waals surface area contributed by atoms with Gasteiger partial charge in [0.15, 0.2) is 0 Å². The summed E-state index contributed by atoms with van der Waals surface area (Å²) in [4.78, 5) is 19.4. The molecule has 0 saturated heterocycles. The van der Waals surface area contributed by atoms with E-state index in [1.165, 1.54) is 33.3 Å². The number of carbonyl (C=O) groups excluding carboxylic acids is 1. The van der Waals surface area contributed by atoms with Gasteiger partial charge in [-0.1, -0.05) is 11.6 Å². The van der Waals surface area contributed by atoms with E-state index >= 15 is 0 Å². The zero-order valence-electron chi connectivity index (χ0n) is 13.1. The van der Waals surface area contributed by atoms with Crippen molar-refractivity contribution in [3.63, 3.8) is 0 Å². The summed E-state index contributed by atoms with van der Waals surface area (Å²) in [5.41, 5.74) is 6.37. The second-order valence-electron chi connectivity index (χ2n) is 6.68. The van der Waals surface area contributed by atoms with E-state index in [-0.39, 0.29) is 11.9 Å². The highest BCUT2D eigenvalue weighted by molar-refractivity contribution is 7.12. The molecule has 3 aromatic rings. The van der Waals surface area contributed by atoms with E-state index in [0.717, 1.165) is 30.7 Å². The van der Waals surface area contributed by atoms with E-state index in [1.807, 2.05) is 5.38 Å². The third-order valence-corrected chi connectivity index (χ3v) is 6.20. The number of hydrogen-bond acceptors (Lipinski definition) is 2. The molecule has 4 heteroatoms. The third kappa shape index (κ3) is 1.84. The van der Waals surface area contributed by atoms with Gasteiger partial charge in [0.05, 0.1) is 10.9 Å². The molecule has 0 saturated carbocycles. The molecule has 1 aliphatic carbocycles. The predicted octanol–water partition coefficient (Wildman–Crippen LogP) is 4.57. The van der Waals surface area contributed by atoms with Crippen molar-refractivity contribution in [2.24, 2.45) is 0 Å². The van der Waals surface area contributed by atoms with Crippen molar-refractivity contribution in [2.75, 3.05) is 0 Å². The average Bonchev–Trinajstić information content (AvgIpc) is 3.22. The topological polar surface area (TPSA) is 36.1 Å². The van der Waals surface area contributed by atoms with Crippen LogP contribution in [0, 0.1) is 6.92 Å². The molecule has 0 spiro atoms. The molecule has 1 aromatic carbocycles. The van der Waals surface area contributed by atoms with Gasteiger partial charge in [-0.15, -0.1) is 11.3 Å². The normalized spacial score (nSPS) is 20.1. The summed E-state index contributed by atoms with van der Waals surface area (Å²) in [6.07, 6.45) is 3.31. The number of amides is 1. The first-order chi connectivity index (χ1) is 11.2. The van der Waals surface area contributed by atoms with Gasteiger partial charge in [0.2, 0.25) is 0 Å². The van der Waals surface area contributed by atoms with Crippen LogP contribution in [0.3, 0.4) is 0 Å². The summed E-state index contributed by atoms with van der Waals surface area (Å²) in [5, 5.41) is 3.36. The smallest absolute Gasteiger partial charge is 0.265 e. The van der Waals surface area contributed by atoms with Gasteiger partial charge in [-0.25, -0.2) is 0 Å². The summed E-state index contributed by atoms with van der Waals surface area (Å²) in [6, 6.07) is 8.88. The van der Waals surface area contributed by atoms with Crippen LogP contribution in [0.15, 0.2) is 29.6 Å². The molecular formula is C19H18N2OS. The lowest BCUT2D eigenvalue weighted by Crippen LogP contribution is -2.31. The lowest BCUT2D eigenvalue weighted by atomic mass is 9.90. The van der Waals surface area contributed by atoms with Crippen molar-refractivity contribution in [3.8, 4) is 0 Å². The maximum absolute atomic E-state index is 12.8. The molecule has 23 heavy (non-hydrogen) atoms. The monoisotopic (exact) mass is 322 g/mol. The minimum atomic E-state index is 0.193. The van der Waals surface area contributed by atoms with E-state index in [1.54, 1.807) is 11.3 Å². The van der Waals surface area contributed by atoms with Crippen LogP contribution in [0.4, 0.5) is 0 Å². The number of aromatic nitrogens is 1. The number of carbonyl (C=O) groups is 1. The number of fused-ring (bicyclic) bond motifs is 4. The molecule has 1 amide bonds. The van der Waals surface area contributed by atoms with Gasteiger partial charge in [0, 0.05) is 23.1 Å². The molecule has 1 aliphatic heterocycles. The Hall–Kier alpha value is -2.07. The molecule has 0 radical (unpaired) electrons. The highest BCUT2D eigenvalue weighted by Gasteiger charge is 2.37. The summed E-state index contributed by atoms with van der Waals surface area (Å²) >= 11 is 1.57. The minimum Gasteiger partial charge on any atom is -0.356 e. The second-order valence-corrected chi connectivity index (χ2v) is 7.60. The largest absolute Gasteiger partial charge is 0.356 e. The summed E-state index contributed by atoms with van der Waals surface area (Å²) in [6.45, 7) is 2.90. The Kier molecular flexibility index (Phi) is 2.74. The molecule has 0 bridgehead atoms. The fourth-order valence-corrected chi connectivity index (χ4v) is 5.02. The molecule has 2 aliphatic rings. The van der Waals surface area contributed by atoms with Crippen molar-refractivity contribution < 1.29 is 4.79 Å². The lowest BCUT2D eigenvalue weighted by Gasteiger charge is -2.31. The summed E-state index contributed by atoms with van der Waals surface area (Å²) in [5.74, 6) is 0.211. The van der Waals surface area contributed by atoms with Crippen LogP contribution in [0.2, 0.25) is 0 Å². The number of hydrogen-bond donors (Lipinski definition) is 1. The number of H-pyrrole nitrogens is 1. The van der Waals surface area contributed by atoms with Gasteiger partial charge in [-0.3, -0.25) is 4.79 Å². The molecular weight excluding hydrogens is 304 g/mol. The maximum Gasteiger partial charge on any atom is 0.265 e. The van der Waals surface area contributed by atoms with Gasteiger partial charge in [-0.05, 0) is 60.9 Å². The molecule has 3 nitrogen and oxygen atoms in total. The number of nitrogens with one attached hydrogen (secondary N) is 1. The van der Waals surface area contributed by atoms with Gasteiger partial charge in [0.1, 0.15) is 0 Å². The standard InChI is InChI=1S/C19H18N2OS/c1-11-5-6-15-14(9-11)13-3-2-4-16(17(13)20-15)21-10-12-7-8-23-18(12)19(21)22/h5-9,16,20H,2-4,10H2,1H3. The Morgan fingerprint density at radius 3 is 3.09 bits per heavy atom. The molecule has 1 N–H and O–H groups in total. The fourth-order valence-electron chi connectivity index (χ4n) is 4.15. The SMILES string of the molecule is Cc1ccc2[nH]c3c(c2c1)CCCC3N1Cc2ccsc2C1=O. The zero-order chi connectivity index (χ0) is 15.6. The Morgan fingerprint density at radius 2 is 2.22 bits per heavy atom. The Morgan fingerprint density at radius 1 is 1.30 bits per heavy atom. The van der Waals surface area contributed by atoms with E-state index in [2.05, 4.69) is 41.1 Å². The highest BCUT2D eigenvalue weighted by atomic mass is 32.1. The van der Waals surface area contributed by atoms with Crippen molar-refractivity contribution >= 4 is 28.1 Å². The molecule has 3 heterocycles. The van der Waals surface area contributed by atoms with Gasteiger partial charge in [-0.2, -0.15) is 0 Å². The number of aromatic amines is 1. The van der Waals surface area contributed by atoms with Gasteiger partial charge < -0.3 is 9.88 Å². The van der Waals surface area contributed by atoms with E-state index in [9.17, 15) is 4.79 Å². The first kappa shape index (κ1) is 13.4. The number of nitrogens with zero attached hydrogens (tertiary/aromatic N) is 1. The van der Waals surface area contributed by atoms with Crippen LogP contribution in [0.5, 0.6) is 0 Å². The molecule has 1 atom stereocenters. The Balaban J connectivity index is 1.61. The molecule has 1 unspecified atom stereocenters. The number of thiophene rings is 1. The van der Waals surface area contributed by atoms with Crippen LogP contribution in [0.25, 0.3) is 10.9 Å². The summed E-state index contributed by atoms with van der Waals surface area (Å²) < 4.78 is 0. The van der Waals surface area contributed by atoms with Gasteiger partial charge >= 0.3 is 0 Å². The van der Waals surface area contributed by atoms with Crippen molar-refractivity contribution in [1.82, 2.24) is 9.88 Å². The van der Waals surface area contributed by atoms with Crippen LogP contribution in [-0.4, -0.2) is 15.8 Å². The van der Waals surface area contributed by atoms with Crippen molar-refractivity contribution in [2.45, 2.75) is 38.8 Å². The maximum atomic E-state index is 12.8. The van der Waals surface area contributed by atoms with Gasteiger partial charge in [0.25, 0.3) is 5.91 Å². The first-order valence-corrected chi connectivity index (χ1v) is 9.09. The lowest BCUT2D eigenvalue weighted by molar-refractivity contribution is 0.0682. The van der Waals surface area contributed by atoms with Crippen molar-refractivity contribution in [1.29, 1.82) is 0 Å². The Bertz CT molecular complexity index is 936. The number of aryl methyl sites for hydroxylation is 2. The van der Waals surface area contributed by atoms with Crippen LogP contribution >= 0.6 is 11.3 Å². The molecule has 116 valence electrons. The summed E-state index contributed by atoms with van der Waals surface area (Å²) in [7, 11) is 0. The van der Waals surface area contributed by atoms with Crippen LogP contribution in [0.1, 0.15) is 50.9 Å².